The van der Waals surface area contributed by atoms with Crippen LogP contribution in [0.2, 0.25) is 0 Å². The predicted octanol–water partition coefficient (Wildman–Crippen LogP) is 4.79. The molecule has 0 N–H and O–H groups in total. The number of hydrogen-bond acceptors (Lipinski definition) is 3. The number of imidazole rings is 1. The van der Waals surface area contributed by atoms with E-state index in [1.807, 2.05) is 16.6 Å². The zero-order valence-corrected chi connectivity index (χ0v) is 14.0. The topological polar surface area (TPSA) is 34.4 Å². The Bertz CT molecular complexity index is 921. The van der Waals surface area contributed by atoms with Crippen molar-refractivity contribution in [3.05, 3.63) is 57.6 Å². The van der Waals surface area contributed by atoms with Gasteiger partial charge < -0.3 is 0 Å². The highest BCUT2D eigenvalue weighted by molar-refractivity contribution is 7.17. The van der Waals surface area contributed by atoms with Crippen molar-refractivity contribution < 1.29 is 9.18 Å². The van der Waals surface area contributed by atoms with Crippen molar-refractivity contribution in [1.29, 1.82) is 0 Å². The van der Waals surface area contributed by atoms with Gasteiger partial charge in [0.25, 0.3) is 0 Å². The molecule has 4 rings (SSSR count). The highest BCUT2D eigenvalue weighted by Gasteiger charge is 2.20. The van der Waals surface area contributed by atoms with E-state index in [0.717, 1.165) is 36.1 Å². The summed E-state index contributed by atoms with van der Waals surface area (Å²) in [5.74, 6) is -0.258. The van der Waals surface area contributed by atoms with Crippen LogP contribution in [0.15, 0.2) is 24.3 Å². The molecule has 122 valence electrons. The highest BCUT2D eigenvalue weighted by Crippen LogP contribution is 2.31. The number of thiazole rings is 1. The van der Waals surface area contributed by atoms with Crippen molar-refractivity contribution in [3.8, 4) is 0 Å². The van der Waals surface area contributed by atoms with Gasteiger partial charge in [0.05, 0.1) is 5.69 Å². The van der Waals surface area contributed by atoms with Gasteiger partial charge in [-0.1, -0.05) is 24.6 Å². The van der Waals surface area contributed by atoms with Gasteiger partial charge in [-0.25, -0.2) is 9.37 Å². The van der Waals surface area contributed by atoms with E-state index in [4.69, 9.17) is 0 Å². The van der Waals surface area contributed by atoms with Crippen molar-refractivity contribution >= 4 is 34.7 Å². The van der Waals surface area contributed by atoms with E-state index >= 15 is 0 Å². The number of fused-ring (bicyclic) bond motifs is 3. The first-order chi connectivity index (χ1) is 11.8. The molecule has 0 unspecified atom stereocenters. The first-order valence-corrected chi connectivity index (χ1v) is 9.00. The zero-order chi connectivity index (χ0) is 16.5. The monoisotopic (exact) mass is 340 g/mol. The molecule has 1 aliphatic carbocycles. The average molecular weight is 340 g/mol. The second-order valence-corrected chi connectivity index (χ2v) is 7.10. The summed E-state index contributed by atoms with van der Waals surface area (Å²) in [6.07, 6.45) is 10.3. The van der Waals surface area contributed by atoms with Gasteiger partial charge in [-0.15, -0.1) is 11.3 Å². The summed E-state index contributed by atoms with van der Waals surface area (Å²) in [5.41, 5.74) is 3.42. The van der Waals surface area contributed by atoms with Crippen molar-refractivity contribution in [1.82, 2.24) is 9.38 Å². The van der Waals surface area contributed by atoms with E-state index in [2.05, 4.69) is 4.98 Å². The molecule has 0 radical (unpaired) electrons. The predicted molar refractivity (Wildman–Crippen MR) is 95.0 cm³/mol. The number of aryl methyl sites for hydroxylation is 2. The molecule has 0 atom stereocenters. The lowest BCUT2D eigenvalue weighted by atomic mass is 10.2. The summed E-state index contributed by atoms with van der Waals surface area (Å²) in [4.78, 5) is 18.6. The van der Waals surface area contributed by atoms with Gasteiger partial charge in [0.2, 0.25) is 0 Å². The fourth-order valence-corrected chi connectivity index (χ4v) is 4.46. The Morgan fingerprint density at radius 1 is 1.08 bits per heavy atom. The first kappa shape index (κ1) is 15.3. The molecule has 0 saturated heterocycles. The van der Waals surface area contributed by atoms with Gasteiger partial charge in [-0.05, 0) is 49.5 Å². The summed E-state index contributed by atoms with van der Waals surface area (Å²) < 4.78 is 15.0. The van der Waals surface area contributed by atoms with Crippen LogP contribution < -0.4 is 0 Å². The number of rotatable bonds is 3. The minimum atomic E-state index is -0.258. The third-order valence-electron chi connectivity index (χ3n) is 4.45. The molecular formula is C19H17FN2OS. The standard InChI is InChI=1S/C19H17FN2OS/c20-14-9-6-13(7-10-14)8-11-15-17(12-23)22-16-4-2-1-3-5-18(16)24-19(22)21-15/h6-12H,1-5H2/b11-8+. The van der Waals surface area contributed by atoms with Crippen LogP contribution >= 0.6 is 11.3 Å². The molecule has 0 fully saturated rings. The fourth-order valence-electron chi connectivity index (χ4n) is 3.24. The molecule has 0 saturated carbocycles. The summed E-state index contributed by atoms with van der Waals surface area (Å²) in [5, 5.41) is 0. The largest absolute Gasteiger partial charge is 0.296 e. The van der Waals surface area contributed by atoms with Crippen LogP contribution in [-0.4, -0.2) is 15.7 Å². The summed E-state index contributed by atoms with van der Waals surface area (Å²) in [6, 6.07) is 6.26. The van der Waals surface area contributed by atoms with Gasteiger partial charge in [-0.2, -0.15) is 0 Å². The maximum atomic E-state index is 13.0. The molecule has 0 bridgehead atoms. The van der Waals surface area contributed by atoms with Gasteiger partial charge in [-0.3, -0.25) is 9.20 Å². The Balaban J connectivity index is 1.76. The minimum absolute atomic E-state index is 0.258. The number of carbonyl (C=O) groups excluding carboxylic acids is 1. The molecule has 3 nitrogen and oxygen atoms in total. The minimum Gasteiger partial charge on any atom is -0.296 e. The molecule has 2 aromatic heterocycles. The lowest BCUT2D eigenvalue weighted by molar-refractivity contribution is 0.111. The molecule has 24 heavy (non-hydrogen) atoms. The molecule has 1 aromatic carbocycles. The lowest BCUT2D eigenvalue weighted by Crippen LogP contribution is -1.98. The van der Waals surface area contributed by atoms with E-state index in [9.17, 15) is 9.18 Å². The van der Waals surface area contributed by atoms with Gasteiger partial charge >= 0.3 is 0 Å². The van der Waals surface area contributed by atoms with Crippen molar-refractivity contribution in [2.45, 2.75) is 32.1 Å². The van der Waals surface area contributed by atoms with E-state index in [-0.39, 0.29) is 5.82 Å². The first-order valence-electron chi connectivity index (χ1n) is 8.18. The molecule has 2 heterocycles. The van der Waals surface area contributed by atoms with Crippen LogP contribution in [0.1, 0.15) is 51.6 Å². The SMILES string of the molecule is O=Cc1c(/C=C/c2ccc(F)cc2)nc2sc3c(n12)CCCCC3. The quantitative estimate of drug-likeness (QED) is 0.508. The van der Waals surface area contributed by atoms with Gasteiger partial charge in [0.15, 0.2) is 11.2 Å². The normalized spacial score (nSPS) is 14.9. The maximum Gasteiger partial charge on any atom is 0.195 e. The smallest absolute Gasteiger partial charge is 0.195 e. The molecule has 0 aliphatic heterocycles. The van der Waals surface area contributed by atoms with Crippen LogP contribution in [0, 0.1) is 5.82 Å². The Labute approximate surface area is 143 Å². The van der Waals surface area contributed by atoms with Crippen LogP contribution in [-0.2, 0) is 12.8 Å². The molecule has 5 heteroatoms. The highest BCUT2D eigenvalue weighted by atomic mass is 32.1. The number of halogens is 1. The van der Waals surface area contributed by atoms with E-state index in [0.29, 0.717) is 11.4 Å². The molecule has 1 aliphatic rings. The number of carbonyl (C=O) groups is 1. The van der Waals surface area contributed by atoms with E-state index in [1.54, 1.807) is 23.5 Å². The van der Waals surface area contributed by atoms with Crippen molar-refractivity contribution in [3.63, 3.8) is 0 Å². The maximum absolute atomic E-state index is 13.0. The second kappa shape index (κ2) is 6.32. The van der Waals surface area contributed by atoms with Crippen LogP contribution in [0.3, 0.4) is 0 Å². The molecule has 3 aromatic rings. The van der Waals surface area contributed by atoms with Crippen molar-refractivity contribution in [2.24, 2.45) is 0 Å². The number of nitrogens with zero attached hydrogens (tertiary/aromatic N) is 2. The van der Waals surface area contributed by atoms with Crippen LogP contribution in [0.25, 0.3) is 17.1 Å². The van der Waals surface area contributed by atoms with Gasteiger partial charge in [0, 0.05) is 10.6 Å². The van der Waals surface area contributed by atoms with Crippen LogP contribution in [0.4, 0.5) is 4.39 Å². The Morgan fingerprint density at radius 3 is 2.67 bits per heavy atom. The summed E-state index contributed by atoms with van der Waals surface area (Å²) >= 11 is 1.70. The Kier molecular flexibility index (Phi) is 4.02. The number of hydrogen-bond donors (Lipinski definition) is 0. The molecule has 0 amide bonds. The second-order valence-electron chi connectivity index (χ2n) is 6.04. The lowest BCUT2D eigenvalue weighted by Gasteiger charge is -2.00. The van der Waals surface area contributed by atoms with Crippen molar-refractivity contribution in [2.75, 3.05) is 0 Å². The zero-order valence-electron chi connectivity index (χ0n) is 13.2. The third kappa shape index (κ3) is 2.69. The molecule has 0 spiro atoms. The number of aromatic nitrogens is 2. The Hall–Kier alpha value is -2.27. The van der Waals surface area contributed by atoms with Gasteiger partial charge in [0.1, 0.15) is 11.5 Å². The third-order valence-corrected chi connectivity index (χ3v) is 5.59. The molecular weight excluding hydrogens is 323 g/mol. The fraction of sp³-hybridized carbons (Fsp3) is 0.263. The number of benzene rings is 1. The summed E-state index contributed by atoms with van der Waals surface area (Å²) in [6.45, 7) is 0. The van der Waals surface area contributed by atoms with E-state index < -0.39 is 0 Å². The van der Waals surface area contributed by atoms with E-state index in [1.165, 1.54) is 35.5 Å². The summed E-state index contributed by atoms with van der Waals surface area (Å²) in [7, 11) is 0. The Morgan fingerprint density at radius 2 is 1.88 bits per heavy atom. The average Bonchev–Trinajstić information content (AvgIpc) is 3.00. The van der Waals surface area contributed by atoms with Crippen LogP contribution in [0.5, 0.6) is 0 Å². The number of aldehydes is 1.